The zero-order valence-electron chi connectivity index (χ0n) is 13.7. The van der Waals surface area contributed by atoms with Crippen molar-refractivity contribution in [2.24, 2.45) is 11.8 Å². The Morgan fingerprint density at radius 3 is 1.88 bits per heavy atom. The summed E-state index contributed by atoms with van der Waals surface area (Å²) in [5.41, 5.74) is 0. The van der Waals surface area contributed by atoms with Gasteiger partial charge in [0.1, 0.15) is 0 Å². The second kappa shape index (κ2) is 8.06. The van der Waals surface area contributed by atoms with Crippen LogP contribution in [-0.4, -0.2) is 41.5 Å². The molecule has 0 amide bonds. The molecule has 1 aromatic rings. The monoisotopic (exact) mass is 378 g/mol. The van der Waals surface area contributed by atoms with Crippen LogP contribution in [0.15, 0.2) is 34.1 Å². The van der Waals surface area contributed by atoms with Gasteiger partial charge in [-0.1, -0.05) is 13.8 Å². The van der Waals surface area contributed by atoms with E-state index in [0.717, 1.165) is 12.1 Å². The van der Waals surface area contributed by atoms with Gasteiger partial charge in [0.15, 0.2) is 0 Å². The van der Waals surface area contributed by atoms with E-state index >= 15 is 0 Å². The predicted octanol–water partition coefficient (Wildman–Crippen LogP) is 0.620. The number of aliphatic carboxylic acids is 1. The molecule has 0 saturated carbocycles. The molecule has 1 atom stereocenters. The van der Waals surface area contributed by atoms with Crippen molar-refractivity contribution in [3.05, 3.63) is 24.3 Å². The molecule has 0 aliphatic carbocycles. The molecular weight excluding hydrogens is 356 g/mol. The Morgan fingerprint density at radius 1 is 1.04 bits per heavy atom. The molecule has 1 aromatic carbocycles. The van der Waals surface area contributed by atoms with Crippen molar-refractivity contribution in [1.29, 1.82) is 0 Å². The van der Waals surface area contributed by atoms with Crippen LogP contribution in [0.25, 0.3) is 0 Å². The summed E-state index contributed by atoms with van der Waals surface area (Å²) >= 11 is 0. The van der Waals surface area contributed by atoms with Gasteiger partial charge in [-0.3, -0.25) is 4.79 Å². The summed E-state index contributed by atoms with van der Waals surface area (Å²) in [5, 5.41) is 9.13. The number of carboxylic acids is 1. The number of sulfonamides is 2. The fraction of sp³-hybridized carbons (Fsp3) is 0.500. The number of nitrogens with one attached hydrogen (secondary N) is 2. The van der Waals surface area contributed by atoms with E-state index in [4.69, 9.17) is 5.11 Å². The maximum atomic E-state index is 12.2. The summed E-state index contributed by atoms with van der Waals surface area (Å²) in [6, 6.07) is 4.65. The summed E-state index contributed by atoms with van der Waals surface area (Å²) < 4.78 is 52.0. The molecular formula is C14H22N2O6S2. The van der Waals surface area contributed by atoms with E-state index in [9.17, 15) is 21.6 Å². The molecule has 3 N–H and O–H groups in total. The summed E-state index contributed by atoms with van der Waals surface area (Å²) in [7, 11) is -6.32. The van der Waals surface area contributed by atoms with Gasteiger partial charge in [0.2, 0.25) is 20.0 Å². The molecule has 10 heteroatoms. The van der Waals surface area contributed by atoms with E-state index in [2.05, 4.69) is 9.44 Å². The second-order valence-corrected chi connectivity index (χ2v) is 9.35. The van der Waals surface area contributed by atoms with Gasteiger partial charge in [-0.15, -0.1) is 0 Å². The fourth-order valence-electron chi connectivity index (χ4n) is 2.05. The highest BCUT2D eigenvalue weighted by Crippen LogP contribution is 2.16. The van der Waals surface area contributed by atoms with Gasteiger partial charge >= 0.3 is 5.97 Å². The molecule has 1 unspecified atom stereocenters. The van der Waals surface area contributed by atoms with Gasteiger partial charge in [0, 0.05) is 6.54 Å². The molecule has 24 heavy (non-hydrogen) atoms. The Labute approximate surface area is 142 Å². The zero-order chi connectivity index (χ0) is 18.5. The number of carboxylic acid groups (broad SMARTS) is 1. The predicted molar refractivity (Wildman–Crippen MR) is 88.5 cm³/mol. The summed E-state index contributed by atoms with van der Waals surface area (Å²) in [6.07, 6.45) is 0.344. The van der Waals surface area contributed by atoms with Gasteiger partial charge in [-0.2, -0.15) is 0 Å². The molecule has 0 bridgehead atoms. The van der Waals surface area contributed by atoms with Gasteiger partial charge in [0.05, 0.1) is 15.7 Å². The molecule has 0 fully saturated rings. The number of hydrogen-bond donors (Lipinski definition) is 3. The van der Waals surface area contributed by atoms with Crippen LogP contribution in [0.5, 0.6) is 0 Å². The fourth-order valence-corrected chi connectivity index (χ4v) is 3.86. The highest BCUT2D eigenvalue weighted by molar-refractivity contribution is 7.90. The Morgan fingerprint density at radius 2 is 1.50 bits per heavy atom. The van der Waals surface area contributed by atoms with Crippen LogP contribution >= 0.6 is 0 Å². The van der Waals surface area contributed by atoms with Crippen molar-refractivity contribution in [3.63, 3.8) is 0 Å². The van der Waals surface area contributed by atoms with E-state index in [1.807, 2.05) is 13.8 Å². The van der Waals surface area contributed by atoms with Crippen molar-refractivity contribution in [2.45, 2.75) is 30.1 Å². The first-order valence-corrected chi connectivity index (χ1v) is 10.2. The third-order valence-corrected chi connectivity index (χ3v) is 6.21. The van der Waals surface area contributed by atoms with E-state index in [1.54, 1.807) is 0 Å². The lowest BCUT2D eigenvalue weighted by Gasteiger charge is -2.15. The molecule has 8 nitrogen and oxygen atoms in total. The maximum absolute atomic E-state index is 12.2. The van der Waals surface area contributed by atoms with Crippen molar-refractivity contribution in [2.75, 3.05) is 13.6 Å². The smallest absolute Gasteiger partial charge is 0.307 e. The lowest BCUT2D eigenvalue weighted by atomic mass is 9.98. The molecule has 0 saturated heterocycles. The van der Waals surface area contributed by atoms with Crippen LogP contribution in [0.3, 0.4) is 0 Å². The molecule has 0 aliphatic rings. The van der Waals surface area contributed by atoms with E-state index in [-0.39, 0.29) is 22.3 Å². The molecule has 0 radical (unpaired) electrons. The highest BCUT2D eigenvalue weighted by Gasteiger charge is 2.23. The Balaban J connectivity index is 2.91. The quantitative estimate of drug-likeness (QED) is 0.577. The Kier molecular flexibility index (Phi) is 6.90. The first-order valence-electron chi connectivity index (χ1n) is 7.25. The molecule has 0 aromatic heterocycles. The lowest BCUT2D eigenvalue weighted by molar-refractivity contribution is -0.142. The van der Waals surface area contributed by atoms with Gasteiger partial charge in [-0.05, 0) is 43.7 Å². The zero-order valence-corrected chi connectivity index (χ0v) is 15.3. The first kappa shape index (κ1) is 20.6. The molecule has 0 heterocycles. The third-order valence-electron chi connectivity index (χ3n) is 3.34. The molecule has 0 spiro atoms. The average molecular weight is 378 g/mol. The first-order chi connectivity index (χ1) is 11.0. The summed E-state index contributed by atoms with van der Waals surface area (Å²) in [4.78, 5) is 11.0. The van der Waals surface area contributed by atoms with Crippen LogP contribution in [0.1, 0.15) is 20.3 Å². The van der Waals surface area contributed by atoms with Crippen LogP contribution in [0, 0.1) is 11.8 Å². The SMILES string of the molecule is CNS(=O)(=O)c1ccc(S(=O)(=O)NCC(CC(C)C)C(=O)O)cc1. The van der Waals surface area contributed by atoms with Crippen molar-refractivity contribution >= 4 is 26.0 Å². The van der Waals surface area contributed by atoms with Crippen molar-refractivity contribution in [1.82, 2.24) is 9.44 Å². The minimum absolute atomic E-state index is 0.0628. The summed E-state index contributed by atoms with van der Waals surface area (Å²) in [6.45, 7) is 3.48. The standard InChI is InChI=1S/C14H22N2O6S2/c1-10(2)8-11(14(17)18)9-16-24(21,22)13-6-4-12(5-7-13)23(19,20)15-3/h4-7,10-11,15-16H,8-9H2,1-3H3,(H,17,18). The number of hydrogen-bond acceptors (Lipinski definition) is 5. The van der Waals surface area contributed by atoms with Gasteiger partial charge in [-0.25, -0.2) is 26.3 Å². The average Bonchev–Trinajstić information content (AvgIpc) is 2.51. The van der Waals surface area contributed by atoms with Crippen LogP contribution in [-0.2, 0) is 24.8 Å². The second-order valence-electron chi connectivity index (χ2n) is 5.70. The Bertz CT molecular complexity index is 770. The largest absolute Gasteiger partial charge is 0.481 e. The van der Waals surface area contributed by atoms with Gasteiger partial charge in [0.25, 0.3) is 0 Å². The van der Waals surface area contributed by atoms with Crippen molar-refractivity contribution in [3.8, 4) is 0 Å². The van der Waals surface area contributed by atoms with E-state index in [1.165, 1.54) is 19.2 Å². The van der Waals surface area contributed by atoms with E-state index in [0.29, 0.717) is 6.42 Å². The van der Waals surface area contributed by atoms with E-state index < -0.39 is 31.9 Å². The molecule has 1 rings (SSSR count). The third kappa shape index (κ3) is 5.55. The Hall–Kier alpha value is -1.49. The van der Waals surface area contributed by atoms with Gasteiger partial charge < -0.3 is 5.11 Å². The molecule has 0 aliphatic heterocycles. The van der Waals surface area contributed by atoms with Crippen LogP contribution in [0.4, 0.5) is 0 Å². The number of carbonyl (C=O) groups is 1. The van der Waals surface area contributed by atoms with Crippen LogP contribution < -0.4 is 9.44 Å². The van der Waals surface area contributed by atoms with Crippen molar-refractivity contribution < 1.29 is 26.7 Å². The topological polar surface area (TPSA) is 130 Å². The minimum atomic E-state index is -3.92. The minimum Gasteiger partial charge on any atom is -0.481 e. The summed E-state index contributed by atoms with van der Waals surface area (Å²) in [5.74, 6) is -1.78. The number of rotatable bonds is 9. The molecule has 136 valence electrons. The lowest BCUT2D eigenvalue weighted by Crippen LogP contribution is -2.33. The van der Waals surface area contributed by atoms with Crippen LogP contribution in [0.2, 0.25) is 0 Å². The normalized spacial score (nSPS) is 13.8. The highest BCUT2D eigenvalue weighted by atomic mass is 32.2. The number of benzene rings is 1. The maximum Gasteiger partial charge on any atom is 0.307 e.